The summed E-state index contributed by atoms with van der Waals surface area (Å²) in [6.07, 6.45) is 0.273. The lowest BCUT2D eigenvalue weighted by atomic mass is 10.1. The molecule has 0 saturated heterocycles. The molecule has 0 radical (unpaired) electrons. The van der Waals surface area contributed by atoms with Crippen molar-refractivity contribution < 1.29 is 24.2 Å². The third-order valence-corrected chi connectivity index (χ3v) is 2.89. The van der Waals surface area contributed by atoms with Gasteiger partial charge in [-0.1, -0.05) is 12.1 Å². The topological polar surface area (TPSA) is 119 Å². The molecule has 0 aliphatic rings. The monoisotopic (exact) mass is 308 g/mol. The number of anilines is 1. The fraction of sp³-hybridized carbons (Fsp3) is 0.400. The van der Waals surface area contributed by atoms with Crippen molar-refractivity contribution in [3.05, 3.63) is 29.8 Å². The number of hydrogen-bond acceptors (Lipinski definition) is 5. The van der Waals surface area contributed by atoms with E-state index in [4.69, 9.17) is 15.6 Å². The maximum Gasteiger partial charge on any atom is 0.320 e. The van der Waals surface area contributed by atoms with Crippen LogP contribution in [0.1, 0.15) is 25.3 Å². The number of rotatable bonds is 8. The fourth-order valence-electron chi connectivity index (χ4n) is 1.72. The number of aliphatic carboxylic acids is 1. The van der Waals surface area contributed by atoms with E-state index in [2.05, 4.69) is 5.32 Å². The summed E-state index contributed by atoms with van der Waals surface area (Å²) in [4.78, 5) is 33.5. The fourth-order valence-corrected chi connectivity index (χ4v) is 1.72. The molecule has 1 rings (SSSR count). The van der Waals surface area contributed by atoms with Crippen LogP contribution in [0, 0.1) is 0 Å². The molecule has 0 spiro atoms. The Labute approximate surface area is 128 Å². The lowest BCUT2D eigenvalue weighted by Crippen LogP contribution is -2.31. The Balaban J connectivity index is 2.45. The Bertz CT molecular complexity index is 527. The number of carboxylic acids is 1. The highest BCUT2D eigenvalue weighted by atomic mass is 16.5. The molecule has 0 saturated carbocycles. The number of carbonyl (C=O) groups excluding carboxylic acids is 2. The predicted molar refractivity (Wildman–Crippen MR) is 80.3 cm³/mol. The van der Waals surface area contributed by atoms with Gasteiger partial charge in [0.2, 0.25) is 5.91 Å². The van der Waals surface area contributed by atoms with Gasteiger partial charge in [-0.3, -0.25) is 14.4 Å². The normalized spacial score (nSPS) is 11.5. The van der Waals surface area contributed by atoms with Crippen molar-refractivity contribution in [3.8, 4) is 0 Å². The Kier molecular flexibility index (Phi) is 7.04. The van der Waals surface area contributed by atoms with Gasteiger partial charge in [0.1, 0.15) is 6.04 Å². The van der Waals surface area contributed by atoms with Crippen molar-refractivity contribution in [3.63, 3.8) is 0 Å². The van der Waals surface area contributed by atoms with Crippen LogP contribution in [-0.2, 0) is 25.5 Å². The first-order chi connectivity index (χ1) is 10.4. The van der Waals surface area contributed by atoms with Crippen LogP contribution in [0.3, 0.4) is 0 Å². The summed E-state index contributed by atoms with van der Waals surface area (Å²) in [6, 6.07) is 5.73. The van der Waals surface area contributed by atoms with Crippen molar-refractivity contribution >= 4 is 23.5 Å². The summed E-state index contributed by atoms with van der Waals surface area (Å²) in [5, 5.41) is 11.3. The van der Waals surface area contributed by atoms with E-state index in [1.807, 2.05) is 0 Å². The average molecular weight is 308 g/mol. The van der Waals surface area contributed by atoms with Crippen LogP contribution in [0.15, 0.2) is 24.3 Å². The zero-order chi connectivity index (χ0) is 16.5. The molecule has 1 aromatic rings. The number of carbonyl (C=O) groups is 3. The van der Waals surface area contributed by atoms with E-state index in [1.165, 1.54) is 0 Å². The minimum Gasteiger partial charge on any atom is -0.480 e. The van der Waals surface area contributed by atoms with Crippen LogP contribution in [0.5, 0.6) is 0 Å². The van der Waals surface area contributed by atoms with E-state index < -0.39 is 12.0 Å². The largest absolute Gasteiger partial charge is 0.480 e. The Morgan fingerprint density at radius 3 is 2.45 bits per heavy atom. The summed E-state index contributed by atoms with van der Waals surface area (Å²) in [5.74, 6) is -1.74. The SMILES string of the molecule is CCOC(=O)Cc1ccc(NC(=O)CC[C@H](N)C(=O)O)cc1. The Morgan fingerprint density at radius 1 is 1.27 bits per heavy atom. The number of carboxylic acid groups (broad SMARTS) is 1. The van der Waals surface area contributed by atoms with Crippen molar-refractivity contribution in [1.82, 2.24) is 0 Å². The van der Waals surface area contributed by atoms with Gasteiger partial charge < -0.3 is 20.9 Å². The molecule has 0 unspecified atom stereocenters. The van der Waals surface area contributed by atoms with Crippen LogP contribution in [0.2, 0.25) is 0 Å². The lowest BCUT2D eigenvalue weighted by Gasteiger charge is -2.08. The summed E-state index contributed by atoms with van der Waals surface area (Å²) in [5.41, 5.74) is 6.68. The lowest BCUT2D eigenvalue weighted by molar-refractivity contribution is -0.142. The third-order valence-electron chi connectivity index (χ3n) is 2.89. The Morgan fingerprint density at radius 2 is 1.91 bits per heavy atom. The number of nitrogens with two attached hydrogens (primary N) is 1. The molecular weight excluding hydrogens is 288 g/mol. The number of nitrogens with one attached hydrogen (secondary N) is 1. The molecule has 4 N–H and O–H groups in total. The Hall–Kier alpha value is -2.41. The summed E-state index contributed by atoms with van der Waals surface area (Å²) in [6.45, 7) is 2.08. The molecule has 7 nitrogen and oxygen atoms in total. The first-order valence-electron chi connectivity index (χ1n) is 6.95. The molecule has 0 aliphatic carbocycles. The number of esters is 1. The molecule has 1 atom stereocenters. The standard InChI is InChI=1S/C15H20N2O5/c1-2-22-14(19)9-10-3-5-11(6-4-10)17-13(18)8-7-12(16)15(20)21/h3-6,12H,2,7-9,16H2,1H3,(H,17,18)(H,20,21)/t12-/m0/s1. The van der Waals surface area contributed by atoms with E-state index in [0.717, 1.165) is 5.56 Å². The van der Waals surface area contributed by atoms with Crippen LogP contribution < -0.4 is 11.1 Å². The second-order valence-corrected chi connectivity index (χ2v) is 4.71. The molecule has 1 aromatic carbocycles. The number of hydrogen-bond donors (Lipinski definition) is 3. The zero-order valence-electron chi connectivity index (χ0n) is 12.4. The molecule has 22 heavy (non-hydrogen) atoms. The summed E-state index contributed by atoms with van der Waals surface area (Å²) in [7, 11) is 0. The van der Waals surface area contributed by atoms with E-state index in [9.17, 15) is 14.4 Å². The van der Waals surface area contributed by atoms with E-state index in [-0.39, 0.29) is 31.1 Å². The van der Waals surface area contributed by atoms with Crippen LogP contribution in [0.25, 0.3) is 0 Å². The second kappa shape index (κ2) is 8.78. The molecule has 0 bridgehead atoms. The molecule has 7 heteroatoms. The van der Waals surface area contributed by atoms with Gasteiger partial charge in [0.05, 0.1) is 13.0 Å². The van der Waals surface area contributed by atoms with Gasteiger partial charge in [-0.2, -0.15) is 0 Å². The quantitative estimate of drug-likeness (QED) is 0.614. The summed E-state index contributed by atoms with van der Waals surface area (Å²) < 4.78 is 4.85. The average Bonchev–Trinajstić information content (AvgIpc) is 2.47. The predicted octanol–water partition coefficient (Wildman–Crippen LogP) is 0.923. The molecule has 0 heterocycles. The first kappa shape index (κ1) is 17.6. The van der Waals surface area contributed by atoms with Gasteiger partial charge in [-0.05, 0) is 31.0 Å². The van der Waals surface area contributed by atoms with Crippen molar-refractivity contribution in [2.24, 2.45) is 5.73 Å². The van der Waals surface area contributed by atoms with Crippen LogP contribution >= 0.6 is 0 Å². The number of amides is 1. The highest BCUT2D eigenvalue weighted by molar-refractivity contribution is 5.91. The maximum atomic E-state index is 11.7. The molecule has 0 aromatic heterocycles. The molecule has 1 amide bonds. The molecule has 0 fully saturated rings. The van der Waals surface area contributed by atoms with Crippen molar-refractivity contribution in [2.45, 2.75) is 32.2 Å². The van der Waals surface area contributed by atoms with Crippen molar-refractivity contribution in [2.75, 3.05) is 11.9 Å². The first-order valence-corrected chi connectivity index (χ1v) is 6.95. The number of benzene rings is 1. The maximum absolute atomic E-state index is 11.7. The van der Waals surface area contributed by atoms with Gasteiger partial charge >= 0.3 is 11.9 Å². The highest BCUT2D eigenvalue weighted by Crippen LogP contribution is 2.11. The van der Waals surface area contributed by atoms with Crippen molar-refractivity contribution in [1.29, 1.82) is 0 Å². The van der Waals surface area contributed by atoms with Gasteiger partial charge in [0, 0.05) is 12.1 Å². The van der Waals surface area contributed by atoms with Crippen LogP contribution in [-0.4, -0.2) is 35.6 Å². The van der Waals surface area contributed by atoms with E-state index >= 15 is 0 Å². The van der Waals surface area contributed by atoms with Gasteiger partial charge in [0.25, 0.3) is 0 Å². The molecule has 0 aliphatic heterocycles. The van der Waals surface area contributed by atoms with E-state index in [0.29, 0.717) is 12.3 Å². The van der Waals surface area contributed by atoms with Gasteiger partial charge in [-0.25, -0.2) is 0 Å². The smallest absolute Gasteiger partial charge is 0.320 e. The summed E-state index contributed by atoms with van der Waals surface area (Å²) >= 11 is 0. The third kappa shape index (κ3) is 6.36. The number of ether oxygens (including phenoxy) is 1. The van der Waals surface area contributed by atoms with Crippen LogP contribution in [0.4, 0.5) is 5.69 Å². The van der Waals surface area contributed by atoms with Gasteiger partial charge in [0.15, 0.2) is 0 Å². The molecule has 120 valence electrons. The minimum absolute atomic E-state index is 0.0258. The molecular formula is C15H20N2O5. The second-order valence-electron chi connectivity index (χ2n) is 4.71. The van der Waals surface area contributed by atoms with E-state index in [1.54, 1.807) is 31.2 Å². The highest BCUT2D eigenvalue weighted by Gasteiger charge is 2.13. The zero-order valence-corrected chi connectivity index (χ0v) is 12.4. The van der Waals surface area contributed by atoms with Gasteiger partial charge in [-0.15, -0.1) is 0 Å². The minimum atomic E-state index is -1.13.